The van der Waals surface area contributed by atoms with Crippen LogP contribution in [0.15, 0.2) is 57.7 Å². The molecular formula is C25H22O8. The van der Waals surface area contributed by atoms with Crippen LogP contribution in [0.25, 0.3) is 22.3 Å². The van der Waals surface area contributed by atoms with Crippen LogP contribution >= 0.6 is 0 Å². The van der Waals surface area contributed by atoms with Crippen molar-refractivity contribution in [2.24, 2.45) is 0 Å². The first-order valence-corrected chi connectivity index (χ1v) is 9.97. The zero-order valence-corrected chi connectivity index (χ0v) is 18.2. The molecule has 0 atom stereocenters. The average Bonchev–Trinajstić information content (AvgIpc) is 2.81. The van der Waals surface area contributed by atoms with E-state index < -0.39 is 5.43 Å². The molecule has 8 heteroatoms. The van der Waals surface area contributed by atoms with Gasteiger partial charge in [-0.15, -0.1) is 0 Å². The van der Waals surface area contributed by atoms with Gasteiger partial charge in [-0.25, -0.2) is 0 Å². The van der Waals surface area contributed by atoms with E-state index in [-0.39, 0.29) is 57.6 Å². The number of benzene rings is 3. The highest BCUT2D eigenvalue weighted by Gasteiger charge is 2.25. The molecule has 1 heterocycles. The van der Waals surface area contributed by atoms with Crippen molar-refractivity contribution < 1.29 is 33.9 Å². The minimum atomic E-state index is -0.584. The van der Waals surface area contributed by atoms with Crippen molar-refractivity contribution in [1.29, 1.82) is 0 Å². The van der Waals surface area contributed by atoms with Gasteiger partial charge in [0.15, 0.2) is 17.3 Å². The van der Waals surface area contributed by atoms with E-state index in [1.165, 1.54) is 39.5 Å². The van der Waals surface area contributed by atoms with E-state index in [0.29, 0.717) is 16.7 Å². The Hall–Kier alpha value is -4.33. The summed E-state index contributed by atoms with van der Waals surface area (Å²) in [6, 6.07) is 12.6. The monoisotopic (exact) mass is 450 g/mol. The van der Waals surface area contributed by atoms with Crippen LogP contribution < -0.4 is 19.6 Å². The van der Waals surface area contributed by atoms with Gasteiger partial charge in [-0.3, -0.25) is 4.79 Å². The molecule has 3 aromatic carbocycles. The van der Waals surface area contributed by atoms with E-state index in [4.69, 9.17) is 18.6 Å². The molecule has 0 unspecified atom stereocenters. The summed E-state index contributed by atoms with van der Waals surface area (Å²) in [5, 5.41) is 30.8. The lowest BCUT2D eigenvalue weighted by Crippen LogP contribution is -2.10. The molecule has 170 valence electrons. The van der Waals surface area contributed by atoms with Crippen LogP contribution in [0.3, 0.4) is 0 Å². The normalized spacial score (nSPS) is 10.9. The third-order valence-electron chi connectivity index (χ3n) is 5.39. The Kier molecular flexibility index (Phi) is 5.74. The zero-order chi connectivity index (χ0) is 23.7. The number of phenolic OH excluding ortho intramolecular Hbond substituents is 3. The van der Waals surface area contributed by atoms with Crippen LogP contribution in [0.1, 0.15) is 11.1 Å². The summed E-state index contributed by atoms with van der Waals surface area (Å²) >= 11 is 0. The Balaban J connectivity index is 2.07. The second-order valence-electron chi connectivity index (χ2n) is 7.27. The second kappa shape index (κ2) is 8.66. The quantitative estimate of drug-likeness (QED) is 0.400. The highest BCUT2D eigenvalue weighted by molar-refractivity contribution is 5.91. The fraction of sp³-hybridized carbons (Fsp3) is 0.160. The summed E-state index contributed by atoms with van der Waals surface area (Å²) in [6.07, 6.45) is 0.167. The maximum atomic E-state index is 13.4. The predicted molar refractivity (Wildman–Crippen MR) is 122 cm³/mol. The Morgan fingerprint density at radius 2 is 1.55 bits per heavy atom. The number of hydrogen-bond acceptors (Lipinski definition) is 8. The first-order valence-electron chi connectivity index (χ1n) is 9.97. The van der Waals surface area contributed by atoms with Crippen LogP contribution in [-0.4, -0.2) is 36.6 Å². The molecule has 0 fully saturated rings. The first kappa shape index (κ1) is 21.9. The van der Waals surface area contributed by atoms with E-state index in [2.05, 4.69) is 0 Å². The molecule has 0 bridgehead atoms. The van der Waals surface area contributed by atoms with E-state index in [0.717, 1.165) is 0 Å². The van der Waals surface area contributed by atoms with Crippen LogP contribution in [0.2, 0.25) is 0 Å². The van der Waals surface area contributed by atoms with Crippen molar-refractivity contribution in [1.82, 2.24) is 0 Å². The number of ether oxygens (including phenoxy) is 3. The molecule has 4 aromatic rings. The molecule has 1 aromatic heterocycles. The van der Waals surface area contributed by atoms with Gasteiger partial charge in [0.25, 0.3) is 0 Å². The largest absolute Gasteiger partial charge is 0.508 e. The second-order valence-corrected chi connectivity index (χ2v) is 7.27. The van der Waals surface area contributed by atoms with Gasteiger partial charge in [0.2, 0.25) is 11.2 Å². The smallest absolute Gasteiger partial charge is 0.239 e. The van der Waals surface area contributed by atoms with Gasteiger partial charge in [-0.05, 0) is 29.8 Å². The SMILES string of the molecule is COc1cc(-c2oc3c(Cc4ccccc4O)c(OC)cc(O)c3c(=O)c2OC)ccc1O. The molecular weight excluding hydrogens is 428 g/mol. The van der Waals surface area contributed by atoms with E-state index in [9.17, 15) is 20.1 Å². The van der Waals surface area contributed by atoms with Gasteiger partial charge in [-0.1, -0.05) is 18.2 Å². The molecule has 0 amide bonds. The summed E-state index contributed by atoms with van der Waals surface area (Å²) in [4.78, 5) is 13.4. The molecule has 0 spiro atoms. The Labute approximate surface area is 188 Å². The lowest BCUT2D eigenvalue weighted by molar-refractivity contribution is 0.373. The fourth-order valence-corrected chi connectivity index (χ4v) is 3.75. The summed E-state index contributed by atoms with van der Waals surface area (Å²) in [7, 11) is 4.16. The van der Waals surface area contributed by atoms with E-state index in [1.807, 2.05) is 0 Å². The van der Waals surface area contributed by atoms with E-state index in [1.54, 1.807) is 30.3 Å². The fourth-order valence-electron chi connectivity index (χ4n) is 3.75. The summed E-state index contributed by atoms with van der Waals surface area (Å²) in [5.41, 5.74) is 0.950. The maximum absolute atomic E-state index is 13.4. The van der Waals surface area contributed by atoms with Crippen molar-refractivity contribution in [2.75, 3.05) is 21.3 Å². The topological polar surface area (TPSA) is 119 Å². The number of phenols is 3. The summed E-state index contributed by atoms with van der Waals surface area (Å²) in [6.45, 7) is 0. The molecule has 0 aliphatic rings. The Morgan fingerprint density at radius 3 is 2.21 bits per heavy atom. The van der Waals surface area contributed by atoms with Gasteiger partial charge in [0.05, 0.1) is 21.3 Å². The van der Waals surface area contributed by atoms with Crippen molar-refractivity contribution in [3.05, 3.63) is 69.9 Å². The number of hydrogen-bond donors (Lipinski definition) is 3. The highest BCUT2D eigenvalue weighted by atomic mass is 16.5. The third kappa shape index (κ3) is 3.76. The molecule has 0 aliphatic carbocycles. The van der Waals surface area contributed by atoms with E-state index >= 15 is 0 Å². The van der Waals surface area contributed by atoms with Gasteiger partial charge in [0, 0.05) is 23.6 Å². The molecule has 0 saturated heterocycles. The standard InChI is InChI=1S/C25H22O8/c1-30-19-12-18(28)21-22(29)25(32-3)23(14-8-9-17(27)20(11-14)31-2)33-24(21)15(19)10-13-6-4-5-7-16(13)26/h4-9,11-12,26-28H,10H2,1-3H3. The number of rotatable bonds is 6. The number of methoxy groups -OCH3 is 3. The minimum absolute atomic E-state index is 0.0696. The molecule has 33 heavy (non-hydrogen) atoms. The van der Waals surface area contributed by atoms with Crippen molar-refractivity contribution in [3.63, 3.8) is 0 Å². The molecule has 0 aliphatic heterocycles. The number of aromatic hydroxyl groups is 3. The van der Waals surface area contributed by atoms with Gasteiger partial charge < -0.3 is 33.9 Å². The zero-order valence-electron chi connectivity index (χ0n) is 18.2. The number of fused-ring (bicyclic) bond motifs is 1. The first-order chi connectivity index (χ1) is 15.9. The van der Waals surface area contributed by atoms with Crippen LogP contribution in [-0.2, 0) is 6.42 Å². The molecule has 8 nitrogen and oxygen atoms in total. The predicted octanol–water partition coefficient (Wildman–Crippen LogP) is 4.19. The van der Waals surface area contributed by atoms with Gasteiger partial charge in [0.1, 0.15) is 28.2 Å². The lowest BCUT2D eigenvalue weighted by Gasteiger charge is -2.16. The van der Waals surface area contributed by atoms with Crippen molar-refractivity contribution in [3.8, 4) is 45.8 Å². The Morgan fingerprint density at radius 1 is 0.818 bits per heavy atom. The van der Waals surface area contributed by atoms with Gasteiger partial charge >= 0.3 is 0 Å². The van der Waals surface area contributed by atoms with Crippen molar-refractivity contribution >= 4 is 11.0 Å². The van der Waals surface area contributed by atoms with Crippen molar-refractivity contribution in [2.45, 2.75) is 6.42 Å². The van der Waals surface area contributed by atoms with Crippen LogP contribution in [0.5, 0.6) is 34.5 Å². The summed E-state index contributed by atoms with van der Waals surface area (Å²) in [5.74, 6) is 0.0857. The lowest BCUT2D eigenvalue weighted by atomic mass is 9.99. The van der Waals surface area contributed by atoms with Crippen LogP contribution in [0, 0.1) is 0 Å². The maximum Gasteiger partial charge on any atom is 0.239 e. The van der Waals surface area contributed by atoms with Gasteiger partial charge in [-0.2, -0.15) is 0 Å². The molecule has 0 saturated carbocycles. The average molecular weight is 450 g/mol. The van der Waals surface area contributed by atoms with Crippen LogP contribution in [0.4, 0.5) is 0 Å². The minimum Gasteiger partial charge on any atom is -0.508 e. The molecule has 3 N–H and O–H groups in total. The molecule has 4 rings (SSSR count). The third-order valence-corrected chi connectivity index (χ3v) is 5.39. The summed E-state index contributed by atoms with van der Waals surface area (Å²) < 4.78 is 22.1. The Bertz CT molecular complexity index is 1400. The highest BCUT2D eigenvalue weighted by Crippen LogP contribution is 2.41. The molecule has 0 radical (unpaired) electrons. The number of para-hydroxylation sites is 1.